The second kappa shape index (κ2) is 4.75. The predicted octanol–water partition coefficient (Wildman–Crippen LogP) is 1.59. The van der Waals surface area contributed by atoms with Crippen molar-refractivity contribution in [3.05, 3.63) is 24.0 Å². The number of aromatic nitrogens is 2. The molecule has 1 aliphatic carbocycles. The first-order valence-corrected chi connectivity index (χ1v) is 7.15. The molecule has 0 amide bonds. The molecule has 1 aromatic heterocycles. The van der Waals surface area contributed by atoms with Gasteiger partial charge in [-0.3, -0.25) is 0 Å². The summed E-state index contributed by atoms with van der Waals surface area (Å²) < 4.78 is 2.04. The maximum atomic E-state index is 9.86. The van der Waals surface area contributed by atoms with Crippen LogP contribution in [0, 0.1) is 0 Å². The number of nitrogen functional groups attached to an aromatic ring is 1. The Morgan fingerprint density at radius 1 is 1.35 bits per heavy atom. The minimum atomic E-state index is -0.692. The number of rotatable bonds is 5. The average molecular weight is 275 g/mol. The normalized spacial score (nSPS) is 15.9. The van der Waals surface area contributed by atoms with Crippen molar-refractivity contribution in [3.8, 4) is 0 Å². The fourth-order valence-corrected chi connectivity index (χ4v) is 2.80. The molecule has 0 spiro atoms. The number of nitrogens with zero attached hydrogens (tertiary/aromatic N) is 2. The maximum Gasteiger partial charge on any atom is 0.113 e. The van der Waals surface area contributed by atoms with Crippen LogP contribution in [0.5, 0.6) is 0 Å². The molecule has 2 aromatic rings. The van der Waals surface area contributed by atoms with Crippen LogP contribution in [0.2, 0.25) is 0 Å². The van der Waals surface area contributed by atoms with Crippen LogP contribution in [0.15, 0.2) is 18.2 Å². The van der Waals surface area contributed by atoms with Crippen molar-refractivity contribution in [1.29, 1.82) is 0 Å². The van der Waals surface area contributed by atoms with Crippen molar-refractivity contribution in [3.63, 3.8) is 0 Å². The lowest BCUT2D eigenvalue weighted by molar-refractivity contribution is 0.0606. The Morgan fingerprint density at radius 3 is 2.60 bits per heavy atom. The Bertz CT molecular complexity index is 619. The molecule has 5 heteroatoms. The van der Waals surface area contributed by atoms with Crippen molar-refractivity contribution in [1.82, 2.24) is 9.55 Å². The number of aliphatic hydroxyl groups excluding tert-OH is 2. The SMILES string of the molecule is CCC(CO)(CO)n1c(C2CC2)nc2cc(N)ccc21. The third kappa shape index (κ3) is 1.89. The van der Waals surface area contributed by atoms with Crippen LogP contribution >= 0.6 is 0 Å². The molecule has 0 bridgehead atoms. The monoisotopic (exact) mass is 275 g/mol. The van der Waals surface area contributed by atoms with E-state index in [0.29, 0.717) is 18.0 Å². The molecule has 0 radical (unpaired) electrons. The van der Waals surface area contributed by atoms with Gasteiger partial charge in [-0.15, -0.1) is 0 Å². The van der Waals surface area contributed by atoms with Gasteiger partial charge in [0.15, 0.2) is 0 Å². The molecular formula is C15H21N3O2. The van der Waals surface area contributed by atoms with Crippen molar-refractivity contribution in [2.45, 2.75) is 37.6 Å². The smallest absolute Gasteiger partial charge is 0.113 e. The molecule has 1 saturated carbocycles. The van der Waals surface area contributed by atoms with E-state index in [2.05, 4.69) is 0 Å². The predicted molar refractivity (Wildman–Crippen MR) is 78.6 cm³/mol. The lowest BCUT2D eigenvalue weighted by atomic mass is 9.97. The third-order valence-corrected chi connectivity index (χ3v) is 4.37. The fourth-order valence-electron chi connectivity index (χ4n) is 2.80. The summed E-state index contributed by atoms with van der Waals surface area (Å²) in [7, 11) is 0. The summed E-state index contributed by atoms with van der Waals surface area (Å²) in [5.41, 5.74) is 7.60. The highest BCUT2D eigenvalue weighted by Crippen LogP contribution is 2.43. The minimum Gasteiger partial charge on any atom is -0.399 e. The van der Waals surface area contributed by atoms with E-state index in [9.17, 15) is 10.2 Å². The first-order chi connectivity index (χ1) is 9.65. The van der Waals surface area contributed by atoms with Crippen molar-refractivity contribution < 1.29 is 10.2 Å². The topological polar surface area (TPSA) is 84.3 Å². The molecule has 1 fully saturated rings. The van der Waals surface area contributed by atoms with Gasteiger partial charge in [-0.2, -0.15) is 0 Å². The first-order valence-electron chi connectivity index (χ1n) is 7.15. The van der Waals surface area contributed by atoms with Crippen LogP contribution in [0.25, 0.3) is 11.0 Å². The average Bonchev–Trinajstić information content (AvgIpc) is 3.24. The molecule has 5 nitrogen and oxygen atoms in total. The lowest BCUT2D eigenvalue weighted by Gasteiger charge is -2.32. The lowest BCUT2D eigenvalue weighted by Crippen LogP contribution is -2.41. The van der Waals surface area contributed by atoms with Crippen molar-refractivity contribution >= 4 is 16.7 Å². The van der Waals surface area contributed by atoms with E-state index in [4.69, 9.17) is 10.7 Å². The largest absolute Gasteiger partial charge is 0.399 e. The van der Waals surface area contributed by atoms with Crippen LogP contribution in [-0.4, -0.2) is 33.0 Å². The Morgan fingerprint density at radius 2 is 2.05 bits per heavy atom. The van der Waals surface area contributed by atoms with Crippen LogP contribution in [0.4, 0.5) is 5.69 Å². The molecule has 108 valence electrons. The Hall–Kier alpha value is -1.59. The number of fused-ring (bicyclic) bond motifs is 1. The summed E-state index contributed by atoms with van der Waals surface area (Å²) in [5.74, 6) is 1.41. The van der Waals surface area contributed by atoms with Gasteiger partial charge in [0.1, 0.15) is 5.82 Å². The van der Waals surface area contributed by atoms with Crippen LogP contribution < -0.4 is 5.73 Å². The first kappa shape index (κ1) is 13.4. The Kier molecular flexibility index (Phi) is 3.18. The zero-order valence-corrected chi connectivity index (χ0v) is 11.7. The van der Waals surface area contributed by atoms with Crippen molar-refractivity contribution in [2.24, 2.45) is 0 Å². The highest BCUT2D eigenvalue weighted by atomic mass is 16.3. The zero-order valence-electron chi connectivity index (χ0n) is 11.7. The fraction of sp³-hybridized carbons (Fsp3) is 0.533. The number of nitrogens with two attached hydrogens (primary N) is 1. The summed E-state index contributed by atoms with van der Waals surface area (Å²) in [6, 6.07) is 5.62. The zero-order chi connectivity index (χ0) is 14.3. The van der Waals surface area contributed by atoms with Crippen LogP contribution in [0.1, 0.15) is 37.9 Å². The number of hydrogen-bond donors (Lipinski definition) is 3. The van der Waals surface area contributed by atoms with Crippen LogP contribution in [0.3, 0.4) is 0 Å². The molecule has 4 N–H and O–H groups in total. The molecule has 1 aromatic carbocycles. The molecule has 0 unspecified atom stereocenters. The van der Waals surface area contributed by atoms with Gasteiger partial charge >= 0.3 is 0 Å². The molecular weight excluding hydrogens is 254 g/mol. The van der Waals surface area contributed by atoms with E-state index in [1.807, 2.05) is 29.7 Å². The van der Waals surface area contributed by atoms with Gasteiger partial charge in [0.25, 0.3) is 0 Å². The van der Waals surface area contributed by atoms with Gasteiger partial charge in [0, 0.05) is 11.6 Å². The van der Waals surface area contributed by atoms with Gasteiger partial charge in [-0.05, 0) is 37.5 Å². The standard InChI is InChI=1S/C15H21N3O2/c1-2-15(8-19,9-20)18-13-6-5-11(16)7-12(13)17-14(18)10-3-4-10/h5-7,10,19-20H,2-4,8-9,16H2,1H3. The number of anilines is 1. The summed E-state index contributed by atoms with van der Waals surface area (Å²) in [6.07, 6.45) is 2.89. The van der Waals surface area contributed by atoms with Gasteiger partial charge < -0.3 is 20.5 Å². The maximum absolute atomic E-state index is 9.86. The highest BCUT2D eigenvalue weighted by Gasteiger charge is 2.38. The van der Waals surface area contributed by atoms with Gasteiger partial charge in [0.05, 0.1) is 29.8 Å². The Balaban J connectivity index is 2.28. The van der Waals surface area contributed by atoms with E-state index in [0.717, 1.165) is 29.7 Å². The van der Waals surface area contributed by atoms with E-state index < -0.39 is 5.54 Å². The van der Waals surface area contributed by atoms with E-state index in [1.165, 1.54) is 0 Å². The number of hydrogen-bond acceptors (Lipinski definition) is 4. The van der Waals surface area contributed by atoms with Crippen molar-refractivity contribution in [2.75, 3.05) is 18.9 Å². The summed E-state index contributed by atoms with van der Waals surface area (Å²) in [4.78, 5) is 4.71. The van der Waals surface area contributed by atoms with Crippen LogP contribution in [-0.2, 0) is 5.54 Å². The van der Waals surface area contributed by atoms with Gasteiger partial charge in [0.2, 0.25) is 0 Å². The molecule has 20 heavy (non-hydrogen) atoms. The van der Waals surface area contributed by atoms with Gasteiger partial charge in [-0.25, -0.2) is 4.98 Å². The minimum absolute atomic E-state index is 0.102. The summed E-state index contributed by atoms with van der Waals surface area (Å²) in [6.45, 7) is 1.78. The molecule has 3 rings (SSSR count). The Labute approximate surface area is 118 Å². The summed E-state index contributed by atoms with van der Waals surface area (Å²) in [5, 5.41) is 19.7. The molecule has 1 heterocycles. The van der Waals surface area contributed by atoms with E-state index in [-0.39, 0.29) is 13.2 Å². The molecule has 1 aliphatic rings. The molecule has 0 atom stereocenters. The quantitative estimate of drug-likeness (QED) is 0.723. The number of imidazole rings is 1. The van der Waals surface area contributed by atoms with E-state index in [1.54, 1.807) is 0 Å². The second-order valence-electron chi connectivity index (χ2n) is 5.72. The second-order valence-corrected chi connectivity index (χ2v) is 5.72. The third-order valence-electron chi connectivity index (χ3n) is 4.37. The summed E-state index contributed by atoms with van der Waals surface area (Å²) >= 11 is 0. The van der Waals surface area contributed by atoms with Gasteiger partial charge in [-0.1, -0.05) is 6.92 Å². The molecule has 0 aliphatic heterocycles. The molecule has 0 saturated heterocycles. The number of aliphatic hydroxyl groups is 2. The number of benzene rings is 1. The highest BCUT2D eigenvalue weighted by molar-refractivity contribution is 5.80. The van der Waals surface area contributed by atoms with E-state index >= 15 is 0 Å².